The molecule has 32 heavy (non-hydrogen) atoms. The van der Waals surface area contributed by atoms with Gasteiger partial charge in [-0.25, -0.2) is 9.97 Å². The van der Waals surface area contributed by atoms with Crippen LogP contribution in [0.3, 0.4) is 0 Å². The monoisotopic (exact) mass is 471 g/mol. The van der Waals surface area contributed by atoms with E-state index >= 15 is 0 Å². The predicted octanol–water partition coefficient (Wildman–Crippen LogP) is 3.40. The first-order valence-corrected chi connectivity index (χ1v) is 11.4. The fraction of sp³-hybridized carbons (Fsp3) is 0.318. The first kappa shape index (κ1) is 22.2. The third-order valence-corrected chi connectivity index (χ3v) is 6.87. The lowest BCUT2D eigenvalue weighted by atomic mass is 10.2. The summed E-state index contributed by atoms with van der Waals surface area (Å²) in [6.45, 7) is 6.55. The number of carbonyl (C=O) groups is 1. The van der Waals surface area contributed by atoms with Crippen LogP contribution in [0, 0.1) is 13.8 Å². The second kappa shape index (κ2) is 8.84. The Balaban J connectivity index is 1.51. The van der Waals surface area contributed by atoms with Crippen LogP contribution in [0.25, 0.3) is 21.1 Å². The molecule has 3 aromatic heterocycles. The van der Waals surface area contributed by atoms with E-state index in [1.54, 1.807) is 23.1 Å². The molecule has 3 heterocycles. The molecule has 0 unspecified atom stereocenters. The first-order valence-electron chi connectivity index (χ1n) is 10.2. The number of thiophene rings is 1. The van der Waals surface area contributed by atoms with Gasteiger partial charge in [-0.15, -0.1) is 11.3 Å². The maximum atomic E-state index is 12.9. The van der Waals surface area contributed by atoms with Gasteiger partial charge in [-0.2, -0.15) is 0 Å². The number of H-pyrrole nitrogens is 1. The van der Waals surface area contributed by atoms with Crippen LogP contribution in [0.2, 0.25) is 5.02 Å². The van der Waals surface area contributed by atoms with E-state index in [1.165, 1.54) is 22.2 Å². The van der Waals surface area contributed by atoms with Gasteiger partial charge in [0, 0.05) is 29.4 Å². The number of hydrogen-bond donors (Lipinski definition) is 1. The van der Waals surface area contributed by atoms with Crippen LogP contribution >= 0.6 is 22.9 Å². The molecule has 0 atom stereocenters. The van der Waals surface area contributed by atoms with Crippen LogP contribution in [-0.4, -0.2) is 36.9 Å². The number of halogens is 1. The maximum Gasteiger partial charge on any atom is 0.262 e. The molecule has 1 N–H and O–H groups in total. The summed E-state index contributed by atoms with van der Waals surface area (Å²) in [4.78, 5) is 53.0. The SMILES string of the molecule is CCN(Cc1nc2cc(Cl)ccc2c(=O)[nH]1)C(=O)CCn1cnc2sc(C)c(C)c2c1=O. The third-order valence-electron chi connectivity index (χ3n) is 5.52. The molecule has 0 saturated carbocycles. The maximum absolute atomic E-state index is 12.9. The topological polar surface area (TPSA) is 101 Å². The number of carbonyl (C=O) groups excluding carboxylic acids is 1. The van der Waals surface area contributed by atoms with E-state index in [0.717, 1.165) is 10.4 Å². The number of rotatable bonds is 6. The van der Waals surface area contributed by atoms with Crippen molar-refractivity contribution >= 4 is 50.0 Å². The minimum atomic E-state index is -0.280. The van der Waals surface area contributed by atoms with E-state index in [-0.39, 0.29) is 36.5 Å². The summed E-state index contributed by atoms with van der Waals surface area (Å²) in [5.41, 5.74) is 1.000. The molecule has 0 aliphatic carbocycles. The molecule has 4 aromatic rings. The van der Waals surface area contributed by atoms with Crippen molar-refractivity contribution < 1.29 is 4.79 Å². The number of nitrogens with zero attached hydrogens (tertiary/aromatic N) is 4. The van der Waals surface area contributed by atoms with Gasteiger partial charge in [0.25, 0.3) is 11.1 Å². The van der Waals surface area contributed by atoms with Gasteiger partial charge < -0.3 is 9.88 Å². The van der Waals surface area contributed by atoms with Gasteiger partial charge in [-0.3, -0.25) is 19.0 Å². The number of amides is 1. The van der Waals surface area contributed by atoms with E-state index in [4.69, 9.17) is 11.6 Å². The van der Waals surface area contributed by atoms with Crippen molar-refractivity contribution in [3.8, 4) is 0 Å². The molecule has 4 rings (SSSR count). The smallest absolute Gasteiger partial charge is 0.262 e. The number of aryl methyl sites for hydroxylation is 3. The lowest BCUT2D eigenvalue weighted by Crippen LogP contribution is -2.33. The zero-order chi connectivity index (χ0) is 23.0. The quantitative estimate of drug-likeness (QED) is 0.464. The van der Waals surface area contributed by atoms with Crippen LogP contribution < -0.4 is 11.1 Å². The van der Waals surface area contributed by atoms with Crippen LogP contribution in [0.1, 0.15) is 29.6 Å². The van der Waals surface area contributed by atoms with Crippen molar-refractivity contribution in [2.75, 3.05) is 6.54 Å². The highest BCUT2D eigenvalue weighted by molar-refractivity contribution is 7.18. The molecule has 8 nitrogen and oxygen atoms in total. The van der Waals surface area contributed by atoms with Crippen LogP contribution in [0.4, 0.5) is 0 Å². The summed E-state index contributed by atoms with van der Waals surface area (Å²) in [5, 5.41) is 1.54. The highest BCUT2D eigenvalue weighted by Crippen LogP contribution is 2.25. The number of nitrogens with one attached hydrogen (secondary N) is 1. The van der Waals surface area contributed by atoms with Gasteiger partial charge in [0.2, 0.25) is 5.91 Å². The van der Waals surface area contributed by atoms with E-state index < -0.39 is 0 Å². The summed E-state index contributed by atoms with van der Waals surface area (Å²) in [7, 11) is 0. The van der Waals surface area contributed by atoms with Gasteiger partial charge in [-0.1, -0.05) is 11.6 Å². The molecule has 0 spiro atoms. The molecule has 0 aliphatic rings. The molecule has 0 radical (unpaired) electrons. The summed E-state index contributed by atoms with van der Waals surface area (Å²) in [6, 6.07) is 4.88. The molecule has 10 heteroatoms. The van der Waals surface area contributed by atoms with Crippen molar-refractivity contribution in [3.05, 3.63) is 66.5 Å². The zero-order valence-electron chi connectivity index (χ0n) is 17.9. The summed E-state index contributed by atoms with van der Waals surface area (Å²) in [5.74, 6) is 0.233. The molecule has 0 fully saturated rings. The molecule has 0 bridgehead atoms. The number of fused-ring (bicyclic) bond motifs is 2. The Hall–Kier alpha value is -3.04. The highest BCUT2D eigenvalue weighted by Gasteiger charge is 2.17. The Morgan fingerprint density at radius 1 is 1.28 bits per heavy atom. The fourth-order valence-corrected chi connectivity index (χ4v) is 4.75. The fourth-order valence-electron chi connectivity index (χ4n) is 3.60. The van der Waals surface area contributed by atoms with Gasteiger partial charge in [0.1, 0.15) is 10.7 Å². The summed E-state index contributed by atoms with van der Waals surface area (Å²) < 4.78 is 1.48. The summed E-state index contributed by atoms with van der Waals surface area (Å²) in [6.07, 6.45) is 1.63. The minimum Gasteiger partial charge on any atom is -0.335 e. The second-order valence-electron chi connectivity index (χ2n) is 7.54. The van der Waals surface area contributed by atoms with E-state index in [0.29, 0.717) is 38.5 Å². The number of aromatic nitrogens is 4. The van der Waals surface area contributed by atoms with Crippen LogP contribution in [0.5, 0.6) is 0 Å². The minimum absolute atomic E-state index is 0.132. The molecule has 166 valence electrons. The average molecular weight is 472 g/mol. The van der Waals surface area contributed by atoms with Crippen LogP contribution in [-0.2, 0) is 17.9 Å². The third kappa shape index (κ3) is 4.18. The van der Waals surface area contributed by atoms with Crippen molar-refractivity contribution in [1.82, 2.24) is 24.4 Å². The van der Waals surface area contributed by atoms with Crippen molar-refractivity contribution in [2.45, 2.75) is 40.3 Å². The van der Waals surface area contributed by atoms with Gasteiger partial charge in [0.15, 0.2) is 0 Å². The zero-order valence-corrected chi connectivity index (χ0v) is 19.5. The Bertz CT molecular complexity index is 1460. The lowest BCUT2D eigenvalue weighted by Gasteiger charge is -2.20. The van der Waals surface area contributed by atoms with Gasteiger partial charge in [0.05, 0.1) is 29.2 Å². The second-order valence-corrected chi connectivity index (χ2v) is 9.18. The molecule has 0 saturated heterocycles. The Morgan fingerprint density at radius 3 is 2.81 bits per heavy atom. The molecular formula is C22H22ClN5O3S. The van der Waals surface area contributed by atoms with Gasteiger partial charge >= 0.3 is 0 Å². The molecule has 1 aromatic carbocycles. The van der Waals surface area contributed by atoms with E-state index in [9.17, 15) is 14.4 Å². The van der Waals surface area contributed by atoms with Crippen LogP contribution in [0.15, 0.2) is 34.1 Å². The molecule has 0 aliphatic heterocycles. The average Bonchev–Trinajstić information content (AvgIpc) is 3.05. The van der Waals surface area contributed by atoms with Gasteiger partial charge in [-0.05, 0) is 44.5 Å². The first-order chi connectivity index (χ1) is 15.3. The Labute approximate surface area is 192 Å². The standard InChI is InChI=1S/C22H22ClN5O3S/c1-4-27(10-17-25-16-9-14(23)5-6-15(16)20(30)26-17)18(29)7-8-28-11-24-21-19(22(28)31)12(2)13(3)32-21/h5-6,9,11H,4,7-8,10H2,1-3H3,(H,25,26,30). The van der Waals surface area contributed by atoms with E-state index in [2.05, 4.69) is 15.0 Å². The molecular weight excluding hydrogens is 450 g/mol. The van der Waals surface area contributed by atoms with E-state index in [1.807, 2.05) is 20.8 Å². The number of hydrogen-bond acceptors (Lipinski definition) is 6. The largest absolute Gasteiger partial charge is 0.335 e. The lowest BCUT2D eigenvalue weighted by molar-refractivity contribution is -0.132. The predicted molar refractivity (Wildman–Crippen MR) is 126 cm³/mol. The normalized spacial score (nSPS) is 11.4. The Morgan fingerprint density at radius 2 is 2.06 bits per heavy atom. The summed E-state index contributed by atoms with van der Waals surface area (Å²) >= 11 is 7.51. The van der Waals surface area contributed by atoms with Crippen molar-refractivity contribution in [2.24, 2.45) is 0 Å². The number of aromatic amines is 1. The molecule has 1 amide bonds. The highest BCUT2D eigenvalue weighted by atomic mass is 35.5. The Kier molecular flexibility index (Phi) is 6.12. The van der Waals surface area contributed by atoms with Crippen molar-refractivity contribution in [1.29, 1.82) is 0 Å². The van der Waals surface area contributed by atoms with Crippen molar-refractivity contribution in [3.63, 3.8) is 0 Å². The number of benzene rings is 1.